The first-order valence-corrected chi connectivity index (χ1v) is 4.98. The van der Waals surface area contributed by atoms with E-state index in [9.17, 15) is 0 Å². The number of nitrogens with zero attached hydrogens (tertiary/aromatic N) is 1. The Hall–Kier alpha value is -0.350. The molecule has 1 heterocycles. The predicted molar refractivity (Wildman–Crippen MR) is 55.1 cm³/mol. The number of hydrogen-bond donors (Lipinski definition) is 2. The van der Waals surface area contributed by atoms with Gasteiger partial charge in [0.1, 0.15) is 0 Å². The molecule has 0 unspecified atom stereocenters. The second-order valence-electron chi connectivity index (χ2n) is 3.07. The zero-order valence-electron chi connectivity index (χ0n) is 7.38. The lowest BCUT2D eigenvalue weighted by Crippen LogP contribution is -2.43. The van der Waals surface area contributed by atoms with Gasteiger partial charge in [-0.05, 0) is 31.5 Å². The maximum Gasteiger partial charge on any atom is 0.168 e. The lowest BCUT2D eigenvalue weighted by Gasteiger charge is -2.29. The second kappa shape index (κ2) is 5.32. The van der Waals surface area contributed by atoms with E-state index in [4.69, 9.17) is 18.0 Å². The van der Waals surface area contributed by atoms with Crippen molar-refractivity contribution in [3.8, 4) is 0 Å². The third-order valence-corrected chi connectivity index (χ3v) is 2.47. The standard InChI is InChI=1S/C8H17N3S/c9-4-5-10-8(12)11-6-2-1-3-7-11/h1-7,9H2,(H,10,12). The quantitative estimate of drug-likeness (QED) is 0.610. The van der Waals surface area contributed by atoms with Crippen molar-refractivity contribution in [3.05, 3.63) is 0 Å². The number of rotatable bonds is 2. The van der Waals surface area contributed by atoms with E-state index in [2.05, 4.69) is 10.2 Å². The van der Waals surface area contributed by atoms with Gasteiger partial charge in [-0.2, -0.15) is 0 Å². The van der Waals surface area contributed by atoms with Crippen LogP contribution in [0.15, 0.2) is 0 Å². The van der Waals surface area contributed by atoms with E-state index in [-0.39, 0.29) is 0 Å². The fraction of sp³-hybridized carbons (Fsp3) is 0.875. The predicted octanol–water partition coefficient (Wildman–Crippen LogP) is 0.305. The van der Waals surface area contributed by atoms with Crippen LogP contribution < -0.4 is 11.1 Å². The lowest BCUT2D eigenvalue weighted by molar-refractivity contribution is 0.338. The Bertz CT molecular complexity index is 143. The fourth-order valence-corrected chi connectivity index (χ4v) is 1.67. The van der Waals surface area contributed by atoms with Crippen LogP contribution in [-0.4, -0.2) is 36.2 Å². The highest BCUT2D eigenvalue weighted by molar-refractivity contribution is 7.80. The van der Waals surface area contributed by atoms with Crippen molar-refractivity contribution in [2.45, 2.75) is 19.3 Å². The molecule has 0 aliphatic carbocycles. The molecule has 1 saturated heterocycles. The first-order valence-electron chi connectivity index (χ1n) is 4.57. The number of thiocarbonyl (C=S) groups is 1. The van der Waals surface area contributed by atoms with Crippen molar-refractivity contribution in [2.75, 3.05) is 26.2 Å². The molecule has 0 spiro atoms. The number of piperidine rings is 1. The van der Waals surface area contributed by atoms with Crippen molar-refractivity contribution in [3.63, 3.8) is 0 Å². The van der Waals surface area contributed by atoms with Crippen LogP contribution in [0.4, 0.5) is 0 Å². The Morgan fingerprint density at radius 1 is 1.33 bits per heavy atom. The molecule has 1 rings (SSSR count). The SMILES string of the molecule is NCCNC(=S)N1CCCCC1. The summed E-state index contributed by atoms with van der Waals surface area (Å²) in [5, 5.41) is 4.01. The molecule has 0 aromatic carbocycles. The Balaban J connectivity index is 2.20. The zero-order chi connectivity index (χ0) is 8.81. The van der Waals surface area contributed by atoms with Crippen LogP contribution in [0, 0.1) is 0 Å². The summed E-state index contributed by atoms with van der Waals surface area (Å²) in [5.74, 6) is 0. The van der Waals surface area contributed by atoms with E-state index < -0.39 is 0 Å². The largest absolute Gasteiger partial charge is 0.361 e. The molecular formula is C8H17N3S. The van der Waals surface area contributed by atoms with Crippen molar-refractivity contribution < 1.29 is 0 Å². The number of nitrogens with two attached hydrogens (primary N) is 1. The van der Waals surface area contributed by atoms with Crippen molar-refractivity contribution in [2.24, 2.45) is 5.73 Å². The monoisotopic (exact) mass is 187 g/mol. The summed E-state index contributed by atoms with van der Waals surface area (Å²) in [6.45, 7) is 3.65. The molecule has 0 aromatic rings. The Morgan fingerprint density at radius 3 is 2.58 bits per heavy atom. The average molecular weight is 187 g/mol. The van der Waals surface area contributed by atoms with Crippen molar-refractivity contribution in [1.82, 2.24) is 10.2 Å². The highest BCUT2D eigenvalue weighted by Crippen LogP contribution is 2.08. The summed E-state index contributed by atoms with van der Waals surface area (Å²) in [5.41, 5.74) is 5.37. The molecular weight excluding hydrogens is 170 g/mol. The summed E-state index contributed by atoms with van der Waals surface area (Å²) >= 11 is 5.20. The smallest absolute Gasteiger partial charge is 0.168 e. The van der Waals surface area contributed by atoms with Gasteiger partial charge in [0.05, 0.1) is 0 Å². The van der Waals surface area contributed by atoms with Crippen LogP contribution in [0.5, 0.6) is 0 Å². The molecule has 0 saturated carbocycles. The minimum Gasteiger partial charge on any atom is -0.361 e. The van der Waals surface area contributed by atoms with Gasteiger partial charge in [0.2, 0.25) is 0 Å². The molecule has 70 valence electrons. The fourth-order valence-electron chi connectivity index (χ4n) is 1.39. The lowest BCUT2D eigenvalue weighted by atomic mass is 10.1. The molecule has 0 bridgehead atoms. The molecule has 1 fully saturated rings. The van der Waals surface area contributed by atoms with Crippen LogP contribution in [0.3, 0.4) is 0 Å². The van der Waals surface area contributed by atoms with Gasteiger partial charge in [-0.15, -0.1) is 0 Å². The van der Waals surface area contributed by atoms with Crippen LogP contribution in [0.25, 0.3) is 0 Å². The van der Waals surface area contributed by atoms with Crippen LogP contribution in [-0.2, 0) is 0 Å². The summed E-state index contributed by atoms with van der Waals surface area (Å²) in [4.78, 5) is 2.23. The highest BCUT2D eigenvalue weighted by Gasteiger charge is 2.11. The van der Waals surface area contributed by atoms with E-state index in [1.165, 1.54) is 19.3 Å². The van der Waals surface area contributed by atoms with E-state index in [1.807, 2.05) is 0 Å². The summed E-state index contributed by atoms with van der Waals surface area (Å²) in [7, 11) is 0. The molecule has 0 aromatic heterocycles. The Labute approximate surface area is 79.3 Å². The van der Waals surface area contributed by atoms with E-state index >= 15 is 0 Å². The normalized spacial score (nSPS) is 17.6. The van der Waals surface area contributed by atoms with Crippen LogP contribution in [0.2, 0.25) is 0 Å². The Morgan fingerprint density at radius 2 is 2.00 bits per heavy atom. The number of likely N-dealkylation sites (tertiary alicyclic amines) is 1. The van der Waals surface area contributed by atoms with Crippen LogP contribution in [0.1, 0.15) is 19.3 Å². The second-order valence-corrected chi connectivity index (χ2v) is 3.46. The first-order chi connectivity index (χ1) is 5.84. The molecule has 0 radical (unpaired) electrons. The maximum absolute atomic E-state index is 5.37. The first kappa shape index (κ1) is 9.74. The number of hydrogen-bond acceptors (Lipinski definition) is 2. The van der Waals surface area contributed by atoms with E-state index in [1.54, 1.807) is 0 Å². The molecule has 3 N–H and O–H groups in total. The summed E-state index contributed by atoms with van der Waals surface area (Å²) in [6, 6.07) is 0. The molecule has 1 aliphatic heterocycles. The Kier molecular flexibility index (Phi) is 4.32. The third-order valence-electron chi connectivity index (χ3n) is 2.06. The van der Waals surface area contributed by atoms with Gasteiger partial charge in [-0.1, -0.05) is 0 Å². The third kappa shape index (κ3) is 2.95. The van der Waals surface area contributed by atoms with E-state index in [0.29, 0.717) is 6.54 Å². The van der Waals surface area contributed by atoms with Gasteiger partial charge in [-0.25, -0.2) is 0 Å². The minimum atomic E-state index is 0.647. The zero-order valence-corrected chi connectivity index (χ0v) is 8.20. The highest BCUT2D eigenvalue weighted by atomic mass is 32.1. The molecule has 1 aliphatic rings. The van der Waals surface area contributed by atoms with Gasteiger partial charge in [0.15, 0.2) is 5.11 Å². The topological polar surface area (TPSA) is 41.3 Å². The van der Waals surface area contributed by atoms with Gasteiger partial charge >= 0.3 is 0 Å². The van der Waals surface area contributed by atoms with Gasteiger partial charge < -0.3 is 16.0 Å². The molecule has 3 nitrogen and oxygen atoms in total. The summed E-state index contributed by atoms with van der Waals surface area (Å²) in [6.07, 6.45) is 3.88. The van der Waals surface area contributed by atoms with Gasteiger partial charge in [-0.3, -0.25) is 0 Å². The molecule has 0 atom stereocenters. The summed E-state index contributed by atoms with van der Waals surface area (Å²) < 4.78 is 0. The average Bonchev–Trinajstić information content (AvgIpc) is 2.15. The van der Waals surface area contributed by atoms with Crippen molar-refractivity contribution >= 4 is 17.3 Å². The van der Waals surface area contributed by atoms with Crippen LogP contribution >= 0.6 is 12.2 Å². The molecule has 0 amide bonds. The van der Waals surface area contributed by atoms with E-state index in [0.717, 1.165) is 24.7 Å². The maximum atomic E-state index is 5.37. The van der Waals surface area contributed by atoms with Crippen molar-refractivity contribution in [1.29, 1.82) is 0 Å². The number of nitrogens with one attached hydrogen (secondary N) is 1. The molecule has 4 heteroatoms. The van der Waals surface area contributed by atoms with Gasteiger partial charge in [0.25, 0.3) is 0 Å². The molecule has 12 heavy (non-hydrogen) atoms. The minimum absolute atomic E-state index is 0.647. The van der Waals surface area contributed by atoms with Gasteiger partial charge in [0, 0.05) is 26.2 Å².